The zero-order valence-corrected chi connectivity index (χ0v) is 9.35. The number of nitrogens with one attached hydrogen (secondary N) is 1. The van der Waals surface area contributed by atoms with Crippen LogP contribution in [0.2, 0.25) is 0 Å². The highest BCUT2D eigenvalue weighted by molar-refractivity contribution is 5.20. The molecule has 0 unspecified atom stereocenters. The summed E-state index contributed by atoms with van der Waals surface area (Å²) in [5.41, 5.74) is 1.15. The Kier molecular flexibility index (Phi) is 2.74. The van der Waals surface area contributed by atoms with Gasteiger partial charge in [-0.05, 0) is 38.8 Å². The second kappa shape index (κ2) is 4.37. The van der Waals surface area contributed by atoms with Crippen molar-refractivity contribution in [1.82, 2.24) is 15.3 Å². The normalized spacial score (nSPS) is 22.0. The van der Waals surface area contributed by atoms with Crippen molar-refractivity contribution in [3.05, 3.63) is 18.1 Å². The average molecular weight is 219 g/mol. The van der Waals surface area contributed by atoms with E-state index in [1.165, 1.54) is 12.8 Å². The predicted molar refractivity (Wildman–Crippen MR) is 60.5 cm³/mol. The van der Waals surface area contributed by atoms with Crippen LogP contribution in [0.1, 0.15) is 37.3 Å². The summed E-state index contributed by atoms with van der Waals surface area (Å²) in [6.07, 6.45) is 6.63. The molecule has 4 heteroatoms. The van der Waals surface area contributed by atoms with E-state index in [-0.39, 0.29) is 0 Å². The van der Waals surface area contributed by atoms with Gasteiger partial charge >= 0.3 is 0 Å². The molecular weight excluding hydrogens is 202 g/mol. The summed E-state index contributed by atoms with van der Waals surface area (Å²) in [5, 5.41) is 3.33. The molecule has 1 aromatic heterocycles. The largest absolute Gasteiger partial charge is 0.474 e. The molecule has 2 fully saturated rings. The van der Waals surface area contributed by atoms with Gasteiger partial charge in [0.1, 0.15) is 12.4 Å². The standard InChI is InChI=1S/C12H17N3O/c1-2-9(1)11-7-12(15-8-14-11)16-10-3-5-13-6-4-10/h7-10,13H,1-6H2. The topological polar surface area (TPSA) is 47.0 Å². The summed E-state index contributed by atoms with van der Waals surface area (Å²) in [6, 6.07) is 2.01. The summed E-state index contributed by atoms with van der Waals surface area (Å²) >= 11 is 0. The third-order valence-electron chi connectivity index (χ3n) is 3.23. The van der Waals surface area contributed by atoms with Crippen molar-refractivity contribution < 1.29 is 4.74 Å². The summed E-state index contributed by atoms with van der Waals surface area (Å²) in [6.45, 7) is 2.09. The maximum absolute atomic E-state index is 5.88. The van der Waals surface area contributed by atoms with E-state index in [2.05, 4.69) is 15.3 Å². The maximum atomic E-state index is 5.88. The lowest BCUT2D eigenvalue weighted by Gasteiger charge is -2.23. The van der Waals surface area contributed by atoms with Crippen molar-refractivity contribution >= 4 is 0 Å². The monoisotopic (exact) mass is 219 g/mol. The Bertz CT molecular complexity index is 359. The van der Waals surface area contributed by atoms with E-state index in [1.54, 1.807) is 6.33 Å². The van der Waals surface area contributed by atoms with E-state index in [9.17, 15) is 0 Å². The third-order valence-corrected chi connectivity index (χ3v) is 3.23. The Morgan fingerprint density at radius 2 is 1.94 bits per heavy atom. The summed E-state index contributed by atoms with van der Waals surface area (Å²) < 4.78 is 5.88. The lowest BCUT2D eigenvalue weighted by atomic mass is 10.1. The van der Waals surface area contributed by atoms with E-state index in [4.69, 9.17) is 4.74 Å². The fourth-order valence-electron chi connectivity index (χ4n) is 2.10. The number of nitrogens with zero attached hydrogens (tertiary/aromatic N) is 2. The molecule has 0 radical (unpaired) electrons. The first-order chi connectivity index (χ1) is 7.92. The molecule has 2 aliphatic rings. The quantitative estimate of drug-likeness (QED) is 0.836. The molecule has 1 aromatic rings. The molecule has 1 N–H and O–H groups in total. The van der Waals surface area contributed by atoms with Gasteiger partial charge in [0.15, 0.2) is 0 Å². The highest BCUT2D eigenvalue weighted by atomic mass is 16.5. The van der Waals surface area contributed by atoms with Crippen LogP contribution in [0.25, 0.3) is 0 Å². The van der Waals surface area contributed by atoms with Crippen LogP contribution >= 0.6 is 0 Å². The van der Waals surface area contributed by atoms with Crippen molar-refractivity contribution in [3.8, 4) is 5.88 Å². The second-order valence-corrected chi connectivity index (χ2v) is 4.62. The Balaban J connectivity index is 1.66. The number of ether oxygens (including phenoxy) is 1. The minimum atomic E-state index is 0.322. The predicted octanol–water partition coefficient (Wildman–Crippen LogP) is 1.48. The van der Waals surface area contributed by atoms with E-state index in [0.29, 0.717) is 12.0 Å². The molecule has 4 nitrogen and oxygen atoms in total. The Labute approximate surface area is 95.4 Å². The van der Waals surface area contributed by atoms with Gasteiger partial charge in [-0.2, -0.15) is 0 Å². The molecule has 0 spiro atoms. The van der Waals surface area contributed by atoms with E-state index < -0.39 is 0 Å². The second-order valence-electron chi connectivity index (χ2n) is 4.62. The van der Waals surface area contributed by atoms with E-state index >= 15 is 0 Å². The molecule has 1 saturated heterocycles. The van der Waals surface area contributed by atoms with Crippen molar-refractivity contribution in [2.75, 3.05) is 13.1 Å². The molecule has 0 aromatic carbocycles. The minimum absolute atomic E-state index is 0.322. The van der Waals surface area contributed by atoms with Crippen LogP contribution in [0.4, 0.5) is 0 Å². The van der Waals surface area contributed by atoms with Gasteiger partial charge < -0.3 is 10.1 Å². The molecule has 1 saturated carbocycles. The number of aromatic nitrogens is 2. The van der Waals surface area contributed by atoms with Crippen LogP contribution in [0.5, 0.6) is 5.88 Å². The highest BCUT2D eigenvalue weighted by Gasteiger charge is 2.25. The Morgan fingerprint density at radius 1 is 1.12 bits per heavy atom. The summed E-state index contributed by atoms with van der Waals surface area (Å²) in [5.74, 6) is 1.42. The molecule has 2 heterocycles. The van der Waals surface area contributed by atoms with Crippen LogP contribution in [-0.4, -0.2) is 29.2 Å². The molecule has 3 rings (SSSR count). The third kappa shape index (κ3) is 2.32. The van der Waals surface area contributed by atoms with Crippen LogP contribution in [0, 0.1) is 0 Å². The summed E-state index contributed by atoms with van der Waals surface area (Å²) in [7, 11) is 0. The molecule has 0 atom stereocenters. The number of rotatable bonds is 3. The molecule has 86 valence electrons. The zero-order valence-electron chi connectivity index (χ0n) is 9.35. The lowest BCUT2D eigenvalue weighted by molar-refractivity contribution is 0.155. The van der Waals surface area contributed by atoms with Crippen LogP contribution < -0.4 is 10.1 Å². The van der Waals surface area contributed by atoms with Crippen molar-refractivity contribution in [1.29, 1.82) is 0 Å². The van der Waals surface area contributed by atoms with Crippen molar-refractivity contribution in [3.63, 3.8) is 0 Å². The van der Waals surface area contributed by atoms with Crippen molar-refractivity contribution in [2.24, 2.45) is 0 Å². The van der Waals surface area contributed by atoms with Crippen LogP contribution in [0.3, 0.4) is 0 Å². The zero-order chi connectivity index (χ0) is 10.8. The molecule has 0 amide bonds. The summed E-state index contributed by atoms with van der Waals surface area (Å²) in [4.78, 5) is 8.48. The van der Waals surface area contributed by atoms with Crippen LogP contribution in [-0.2, 0) is 0 Å². The van der Waals surface area contributed by atoms with Crippen molar-refractivity contribution in [2.45, 2.75) is 37.7 Å². The van der Waals surface area contributed by atoms with Gasteiger partial charge in [-0.1, -0.05) is 0 Å². The first-order valence-electron chi connectivity index (χ1n) is 6.11. The molecule has 1 aliphatic heterocycles. The Hall–Kier alpha value is -1.16. The van der Waals surface area contributed by atoms with Gasteiger partial charge in [0.05, 0.1) is 5.69 Å². The number of piperidine rings is 1. The molecule has 0 bridgehead atoms. The van der Waals surface area contributed by atoms with E-state index in [0.717, 1.165) is 37.5 Å². The molecule has 16 heavy (non-hydrogen) atoms. The maximum Gasteiger partial charge on any atom is 0.216 e. The molecular formula is C12H17N3O. The number of hydrogen-bond donors (Lipinski definition) is 1. The smallest absolute Gasteiger partial charge is 0.216 e. The van der Waals surface area contributed by atoms with E-state index in [1.807, 2.05) is 6.07 Å². The first-order valence-corrected chi connectivity index (χ1v) is 6.11. The SMILES string of the molecule is c1nc(OC2CCNCC2)cc(C2CC2)n1. The average Bonchev–Trinajstić information content (AvgIpc) is 3.15. The fourth-order valence-corrected chi connectivity index (χ4v) is 2.10. The highest BCUT2D eigenvalue weighted by Crippen LogP contribution is 2.39. The van der Waals surface area contributed by atoms with Gasteiger partial charge in [-0.15, -0.1) is 0 Å². The van der Waals surface area contributed by atoms with Gasteiger partial charge in [0.25, 0.3) is 0 Å². The van der Waals surface area contributed by atoms with Gasteiger partial charge in [-0.25, -0.2) is 9.97 Å². The van der Waals surface area contributed by atoms with Gasteiger partial charge in [0, 0.05) is 12.0 Å². The van der Waals surface area contributed by atoms with Gasteiger partial charge in [-0.3, -0.25) is 0 Å². The lowest BCUT2D eigenvalue weighted by Crippen LogP contribution is -2.34. The first kappa shape index (κ1) is 10.0. The Morgan fingerprint density at radius 3 is 2.69 bits per heavy atom. The van der Waals surface area contributed by atoms with Gasteiger partial charge in [0.2, 0.25) is 5.88 Å². The number of hydrogen-bond acceptors (Lipinski definition) is 4. The fraction of sp³-hybridized carbons (Fsp3) is 0.667. The minimum Gasteiger partial charge on any atom is -0.474 e. The molecule has 1 aliphatic carbocycles. The van der Waals surface area contributed by atoms with Crippen LogP contribution in [0.15, 0.2) is 12.4 Å².